The molecule has 1 fully saturated rings. The third kappa shape index (κ3) is 2.16. The van der Waals surface area contributed by atoms with Crippen LogP contribution in [-0.2, 0) is 0 Å². The minimum absolute atomic E-state index is 0.619. The first kappa shape index (κ1) is 9.72. The van der Waals surface area contributed by atoms with Crippen LogP contribution in [-0.4, -0.2) is 0 Å². The summed E-state index contributed by atoms with van der Waals surface area (Å²) in [4.78, 5) is 3.57. The maximum absolute atomic E-state index is 3.84. The quantitative estimate of drug-likeness (QED) is 0.676. The van der Waals surface area contributed by atoms with Crippen LogP contribution in [0.2, 0.25) is 0 Å². The Labute approximate surface area is 92.5 Å². The molecular weight excluding hydrogens is 244 g/mol. The highest BCUT2D eigenvalue weighted by atomic mass is 79.9. The van der Waals surface area contributed by atoms with E-state index in [1.54, 1.807) is 0 Å². The number of hydrogen-bond acceptors (Lipinski definition) is 1. The largest absolute Gasteiger partial charge is 0.145 e. The van der Waals surface area contributed by atoms with Crippen molar-refractivity contribution in [1.29, 1.82) is 0 Å². The van der Waals surface area contributed by atoms with Gasteiger partial charge in [-0.2, -0.15) is 0 Å². The van der Waals surface area contributed by atoms with E-state index in [1.807, 2.05) is 11.3 Å². The minimum Gasteiger partial charge on any atom is -0.145 e. The lowest BCUT2D eigenvalue weighted by molar-refractivity contribution is 0.546. The molecule has 2 rings (SSSR count). The molecule has 2 heteroatoms. The fraction of sp³-hybridized carbons (Fsp3) is 0.636. The molecule has 0 spiro atoms. The summed E-state index contributed by atoms with van der Waals surface area (Å²) in [5, 5.41) is 0. The zero-order chi connectivity index (χ0) is 9.26. The van der Waals surface area contributed by atoms with Gasteiger partial charge in [-0.1, -0.05) is 28.8 Å². The van der Waals surface area contributed by atoms with Gasteiger partial charge in [-0.3, -0.25) is 0 Å². The van der Waals surface area contributed by atoms with Crippen molar-refractivity contribution in [2.24, 2.45) is 5.92 Å². The average molecular weight is 259 g/mol. The van der Waals surface area contributed by atoms with Gasteiger partial charge in [0.05, 0.1) is 4.83 Å². The zero-order valence-corrected chi connectivity index (χ0v) is 10.3. The maximum Gasteiger partial charge on any atom is 0.0517 e. The molecule has 0 bridgehead atoms. The van der Waals surface area contributed by atoms with Crippen LogP contribution in [0.3, 0.4) is 0 Å². The van der Waals surface area contributed by atoms with Crippen LogP contribution in [0.4, 0.5) is 0 Å². The molecule has 0 aromatic carbocycles. The van der Waals surface area contributed by atoms with Gasteiger partial charge in [0, 0.05) is 9.75 Å². The molecule has 1 saturated carbocycles. The minimum atomic E-state index is 0.619. The summed E-state index contributed by atoms with van der Waals surface area (Å²) in [7, 11) is 0. The molecule has 1 atom stereocenters. The van der Waals surface area contributed by atoms with Gasteiger partial charge in [-0.15, -0.1) is 11.3 Å². The standard InChI is InChI=1S/C11H15BrS/c1-8-6-7-10(13-8)11(12)9-4-2-3-5-9/h6-7,9,11H,2-5H2,1H3. The number of rotatable bonds is 2. The molecule has 0 nitrogen and oxygen atoms in total. The molecule has 72 valence electrons. The third-order valence-corrected chi connectivity index (χ3v) is 5.47. The Morgan fingerprint density at radius 3 is 2.62 bits per heavy atom. The summed E-state index contributed by atoms with van der Waals surface area (Å²) in [6.07, 6.45) is 5.67. The van der Waals surface area contributed by atoms with Crippen molar-refractivity contribution in [3.63, 3.8) is 0 Å². The predicted molar refractivity (Wildman–Crippen MR) is 62.7 cm³/mol. The van der Waals surface area contributed by atoms with Gasteiger partial charge in [0.2, 0.25) is 0 Å². The van der Waals surface area contributed by atoms with Crippen LogP contribution in [0.15, 0.2) is 12.1 Å². The second-order valence-electron chi connectivity index (χ2n) is 3.89. The molecule has 1 aliphatic carbocycles. The number of halogens is 1. The highest BCUT2D eigenvalue weighted by molar-refractivity contribution is 9.09. The van der Waals surface area contributed by atoms with Gasteiger partial charge in [-0.25, -0.2) is 0 Å². The summed E-state index contributed by atoms with van der Waals surface area (Å²) in [5.41, 5.74) is 0. The van der Waals surface area contributed by atoms with Crippen molar-refractivity contribution in [3.05, 3.63) is 21.9 Å². The van der Waals surface area contributed by atoms with E-state index in [2.05, 4.69) is 35.0 Å². The molecule has 0 aliphatic heterocycles. The summed E-state index contributed by atoms with van der Waals surface area (Å²) in [6, 6.07) is 4.50. The molecule has 0 radical (unpaired) electrons. The summed E-state index contributed by atoms with van der Waals surface area (Å²) in [6.45, 7) is 2.18. The summed E-state index contributed by atoms with van der Waals surface area (Å²) < 4.78 is 0. The molecule has 1 aromatic heterocycles. The first-order valence-corrected chi connectivity index (χ1v) is 6.71. The van der Waals surface area contributed by atoms with E-state index in [1.165, 1.54) is 35.4 Å². The highest BCUT2D eigenvalue weighted by Gasteiger charge is 2.24. The summed E-state index contributed by atoms with van der Waals surface area (Å²) >= 11 is 5.77. The summed E-state index contributed by atoms with van der Waals surface area (Å²) in [5.74, 6) is 0.887. The Bertz CT molecular complexity index is 273. The molecule has 0 saturated heterocycles. The molecule has 0 N–H and O–H groups in total. The Hall–Kier alpha value is 0.180. The fourth-order valence-corrected chi connectivity index (χ4v) is 3.99. The van der Waals surface area contributed by atoms with Gasteiger partial charge >= 0.3 is 0 Å². The normalized spacial score (nSPS) is 20.8. The van der Waals surface area contributed by atoms with Crippen LogP contribution in [0.1, 0.15) is 40.3 Å². The van der Waals surface area contributed by atoms with Crippen LogP contribution >= 0.6 is 27.3 Å². The predicted octanol–water partition coefficient (Wildman–Crippen LogP) is 4.68. The van der Waals surface area contributed by atoms with Crippen molar-refractivity contribution in [2.75, 3.05) is 0 Å². The highest BCUT2D eigenvalue weighted by Crippen LogP contribution is 2.43. The van der Waals surface area contributed by atoms with Crippen LogP contribution < -0.4 is 0 Å². The number of alkyl halides is 1. The Morgan fingerprint density at radius 2 is 2.08 bits per heavy atom. The molecular formula is C11H15BrS. The fourth-order valence-electron chi connectivity index (χ4n) is 2.08. The van der Waals surface area contributed by atoms with E-state index >= 15 is 0 Å². The van der Waals surface area contributed by atoms with Crippen molar-refractivity contribution in [1.82, 2.24) is 0 Å². The monoisotopic (exact) mass is 258 g/mol. The third-order valence-electron chi connectivity index (χ3n) is 2.85. The molecule has 13 heavy (non-hydrogen) atoms. The number of hydrogen-bond donors (Lipinski definition) is 0. The van der Waals surface area contributed by atoms with Crippen molar-refractivity contribution in [2.45, 2.75) is 37.4 Å². The van der Waals surface area contributed by atoms with Crippen molar-refractivity contribution in [3.8, 4) is 0 Å². The number of aryl methyl sites for hydroxylation is 1. The maximum atomic E-state index is 3.84. The van der Waals surface area contributed by atoms with E-state index in [0.717, 1.165) is 5.92 Å². The lowest BCUT2D eigenvalue weighted by Gasteiger charge is -2.14. The smallest absolute Gasteiger partial charge is 0.0517 e. The molecule has 1 heterocycles. The van der Waals surface area contributed by atoms with Crippen LogP contribution in [0.5, 0.6) is 0 Å². The lowest BCUT2D eigenvalue weighted by Crippen LogP contribution is -2.00. The first-order chi connectivity index (χ1) is 6.27. The van der Waals surface area contributed by atoms with Crippen molar-refractivity contribution < 1.29 is 0 Å². The Kier molecular flexibility index (Phi) is 3.10. The Balaban J connectivity index is 2.07. The van der Waals surface area contributed by atoms with Gasteiger partial charge < -0.3 is 0 Å². The van der Waals surface area contributed by atoms with Gasteiger partial charge in [0.25, 0.3) is 0 Å². The molecule has 1 unspecified atom stereocenters. The van der Waals surface area contributed by atoms with E-state index in [0.29, 0.717) is 4.83 Å². The molecule has 1 aromatic rings. The first-order valence-electron chi connectivity index (χ1n) is 4.98. The van der Waals surface area contributed by atoms with E-state index < -0.39 is 0 Å². The van der Waals surface area contributed by atoms with Gasteiger partial charge in [-0.05, 0) is 37.8 Å². The second kappa shape index (κ2) is 4.14. The zero-order valence-electron chi connectivity index (χ0n) is 7.92. The van der Waals surface area contributed by atoms with E-state index in [4.69, 9.17) is 0 Å². The van der Waals surface area contributed by atoms with E-state index in [9.17, 15) is 0 Å². The lowest BCUT2D eigenvalue weighted by atomic mass is 10.0. The van der Waals surface area contributed by atoms with E-state index in [-0.39, 0.29) is 0 Å². The second-order valence-corrected chi connectivity index (χ2v) is 6.20. The molecule has 1 aliphatic rings. The van der Waals surface area contributed by atoms with Crippen LogP contribution in [0.25, 0.3) is 0 Å². The number of thiophene rings is 1. The Morgan fingerprint density at radius 1 is 1.38 bits per heavy atom. The van der Waals surface area contributed by atoms with Gasteiger partial charge in [0.15, 0.2) is 0 Å². The SMILES string of the molecule is Cc1ccc(C(Br)C2CCCC2)s1. The topological polar surface area (TPSA) is 0 Å². The average Bonchev–Trinajstić information content (AvgIpc) is 2.72. The van der Waals surface area contributed by atoms with Crippen molar-refractivity contribution >= 4 is 27.3 Å². The van der Waals surface area contributed by atoms with Crippen LogP contribution in [0, 0.1) is 12.8 Å². The van der Waals surface area contributed by atoms with Gasteiger partial charge in [0.1, 0.15) is 0 Å². The molecule has 0 amide bonds.